The Morgan fingerprint density at radius 1 is 0.903 bits per heavy atom. The second kappa shape index (κ2) is 10.9. The van der Waals surface area contributed by atoms with Gasteiger partial charge in [-0.25, -0.2) is 0 Å². The minimum Gasteiger partial charge on any atom is -0.493 e. The zero-order valence-electron chi connectivity index (χ0n) is 17.0. The largest absolute Gasteiger partial charge is 0.493 e. The summed E-state index contributed by atoms with van der Waals surface area (Å²) in [6.07, 6.45) is 0.823. The van der Waals surface area contributed by atoms with Gasteiger partial charge < -0.3 is 9.47 Å². The predicted octanol–water partition coefficient (Wildman–Crippen LogP) is 3.34. The molecule has 0 fully saturated rings. The lowest BCUT2D eigenvalue weighted by Gasteiger charge is -2.13. The predicted molar refractivity (Wildman–Crippen MR) is 123 cm³/mol. The van der Waals surface area contributed by atoms with E-state index in [1.54, 1.807) is 30.3 Å². The molecule has 0 aliphatic carbocycles. The number of rotatable bonds is 7. The molecule has 0 atom stereocenters. The van der Waals surface area contributed by atoms with Crippen LogP contribution in [0.5, 0.6) is 11.5 Å². The van der Waals surface area contributed by atoms with Gasteiger partial charge in [0.25, 0.3) is 11.8 Å². The molecular formula is C23H23N3O4S. The fraction of sp³-hybridized carbons (Fsp3) is 0.174. The SMILES string of the molecule is CCCOc1ccccc1C(=O)NC(=S)NNC(=O)COc1ccc2ccccc2c1. The number of fused-ring (bicyclic) bond motifs is 1. The fourth-order valence-corrected chi connectivity index (χ4v) is 2.91. The number of hydrogen-bond donors (Lipinski definition) is 3. The van der Waals surface area contributed by atoms with E-state index in [2.05, 4.69) is 16.2 Å². The van der Waals surface area contributed by atoms with E-state index in [9.17, 15) is 9.59 Å². The Morgan fingerprint density at radius 2 is 1.65 bits per heavy atom. The van der Waals surface area contributed by atoms with Gasteiger partial charge >= 0.3 is 0 Å². The average Bonchev–Trinajstić information content (AvgIpc) is 2.80. The number of hydrazine groups is 1. The molecule has 0 aliphatic heterocycles. The normalized spacial score (nSPS) is 10.2. The number of thiocarbonyl (C=S) groups is 1. The van der Waals surface area contributed by atoms with Crippen molar-refractivity contribution in [3.8, 4) is 11.5 Å². The summed E-state index contributed by atoms with van der Waals surface area (Å²) < 4.78 is 11.1. The average molecular weight is 438 g/mol. The lowest BCUT2D eigenvalue weighted by molar-refractivity contribution is -0.123. The summed E-state index contributed by atoms with van der Waals surface area (Å²) in [6.45, 7) is 2.27. The van der Waals surface area contributed by atoms with Crippen LogP contribution in [0.15, 0.2) is 66.7 Å². The van der Waals surface area contributed by atoms with Crippen molar-refractivity contribution in [1.82, 2.24) is 16.2 Å². The van der Waals surface area contributed by atoms with Crippen LogP contribution in [0, 0.1) is 0 Å². The van der Waals surface area contributed by atoms with Crippen LogP contribution >= 0.6 is 12.2 Å². The first kappa shape index (κ1) is 22.0. The zero-order chi connectivity index (χ0) is 22.1. The van der Waals surface area contributed by atoms with Crippen LogP contribution in [0.1, 0.15) is 23.7 Å². The van der Waals surface area contributed by atoms with Crippen LogP contribution in [0.3, 0.4) is 0 Å². The number of amides is 2. The van der Waals surface area contributed by atoms with Crippen LogP contribution in [0.25, 0.3) is 10.8 Å². The van der Waals surface area contributed by atoms with Crippen molar-refractivity contribution in [2.45, 2.75) is 13.3 Å². The first-order chi connectivity index (χ1) is 15.1. The van der Waals surface area contributed by atoms with Gasteiger partial charge in [0.05, 0.1) is 12.2 Å². The number of ether oxygens (including phenoxy) is 2. The summed E-state index contributed by atoms with van der Waals surface area (Å²) in [6, 6.07) is 20.3. The Kier molecular flexibility index (Phi) is 7.78. The standard InChI is InChI=1S/C23H23N3O4S/c1-2-13-29-20-10-6-5-9-19(20)22(28)24-23(31)26-25-21(27)15-30-18-12-11-16-7-3-4-8-17(16)14-18/h3-12,14H,2,13,15H2,1H3,(H,25,27)(H2,24,26,28,31). The molecule has 8 heteroatoms. The van der Waals surface area contributed by atoms with E-state index in [1.165, 1.54) is 0 Å². The molecule has 0 saturated carbocycles. The second-order valence-electron chi connectivity index (χ2n) is 6.60. The van der Waals surface area contributed by atoms with Gasteiger partial charge in [-0.15, -0.1) is 0 Å². The zero-order valence-corrected chi connectivity index (χ0v) is 17.8. The van der Waals surface area contributed by atoms with Gasteiger partial charge in [0.1, 0.15) is 11.5 Å². The number of carbonyl (C=O) groups is 2. The highest BCUT2D eigenvalue weighted by atomic mass is 32.1. The lowest BCUT2D eigenvalue weighted by Crippen LogP contribution is -2.49. The van der Waals surface area contributed by atoms with Gasteiger partial charge in [0.2, 0.25) is 0 Å². The molecule has 0 aromatic heterocycles. The Balaban J connectivity index is 1.45. The topological polar surface area (TPSA) is 88.7 Å². The van der Waals surface area contributed by atoms with Crippen molar-refractivity contribution in [1.29, 1.82) is 0 Å². The van der Waals surface area contributed by atoms with E-state index in [4.69, 9.17) is 21.7 Å². The summed E-state index contributed by atoms with van der Waals surface area (Å²) in [5.41, 5.74) is 5.24. The Morgan fingerprint density at radius 3 is 2.45 bits per heavy atom. The molecule has 3 aromatic rings. The summed E-state index contributed by atoms with van der Waals surface area (Å²) in [5, 5.41) is 4.57. The van der Waals surface area contributed by atoms with Gasteiger partial charge in [0, 0.05) is 0 Å². The third kappa shape index (κ3) is 6.42. The highest BCUT2D eigenvalue weighted by Crippen LogP contribution is 2.20. The van der Waals surface area contributed by atoms with Crippen molar-refractivity contribution in [2.24, 2.45) is 0 Å². The van der Waals surface area contributed by atoms with Gasteiger partial charge in [0.15, 0.2) is 11.7 Å². The van der Waals surface area contributed by atoms with E-state index in [-0.39, 0.29) is 11.7 Å². The number of benzene rings is 3. The van der Waals surface area contributed by atoms with Crippen LogP contribution in [-0.2, 0) is 4.79 Å². The number of carbonyl (C=O) groups excluding carboxylic acids is 2. The smallest absolute Gasteiger partial charge is 0.276 e. The van der Waals surface area contributed by atoms with Crippen LogP contribution < -0.4 is 25.6 Å². The minimum absolute atomic E-state index is 0.0469. The van der Waals surface area contributed by atoms with Gasteiger partial charge in [-0.3, -0.25) is 25.8 Å². The highest BCUT2D eigenvalue weighted by Gasteiger charge is 2.14. The third-order valence-corrected chi connectivity index (χ3v) is 4.43. The monoisotopic (exact) mass is 437 g/mol. The van der Waals surface area contributed by atoms with Crippen molar-refractivity contribution in [3.05, 3.63) is 72.3 Å². The molecule has 0 unspecified atom stereocenters. The van der Waals surface area contributed by atoms with E-state index < -0.39 is 11.8 Å². The molecule has 0 radical (unpaired) electrons. The molecule has 0 saturated heterocycles. The van der Waals surface area contributed by atoms with Crippen molar-refractivity contribution < 1.29 is 19.1 Å². The highest BCUT2D eigenvalue weighted by molar-refractivity contribution is 7.80. The maximum atomic E-state index is 12.4. The number of hydrogen-bond acceptors (Lipinski definition) is 5. The van der Waals surface area contributed by atoms with Gasteiger partial charge in [-0.2, -0.15) is 0 Å². The summed E-state index contributed by atoms with van der Waals surface area (Å²) >= 11 is 5.07. The van der Waals surface area contributed by atoms with Crippen molar-refractivity contribution in [2.75, 3.05) is 13.2 Å². The molecule has 160 valence electrons. The molecule has 0 spiro atoms. The van der Waals surface area contributed by atoms with Crippen LogP contribution in [0.4, 0.5) is 0 Å². The van der Waals surface area contributed by atoms with Crippen molar-refractivity contribution >= 4 is 39.9 Å². The minimum atomic E-state index is -0.448. The first-order valence-electron chi connectivity index (χ1n) is 9.80. The molecule has 2 amide bonds. The Labute approximate surface area is 185 Å². The van der Waals surface area contributed by atoms with E-state index in [0.717, 1.165) is 17.2 Å². The van der Waals surface area contributed by atoms with E-state index in [1.807, 2.05) is 43.3 Å². The Hall–Kier alpha value is -3.65. The molecule has 3 aromatic carbocycles. The molecule has 31 heavy (non-hydrogen) atoms. The summed E-state index contributed by atoms with van der Waals surface area (Å²) in [5.74, 6) is 0.160. The molecule has 3 rings (SSSR count). The lowest BCUT2D eigenvalue weighted by atomic mass is 10.1. The molecule has 0 aliphatic rings. The first-order valence-corrected chi connectivity index (χ1v) is 10.2. The molecule has 7 nitrogen and oxygen atoms in total. The van der Waals surface area contributed by atoms with Gasteiger partial charge in [-0.1, -0.05) is 49.4 Å². The second-order valence-corrected chi connectivity index (χ2v) is 7.01. The van der Waals surface area contributed by atoms with E-state index >= 15 is 0 Å². The van der Waals surface area contributed by atoms with Crippen molar-refractivity contribution in [3.63, 3.8) is 0 Å². The molecular weight excluding hydrogens is 414 g/mol. The molecule has 3 N–H and O–H groups in total. The van der Waals surface area contributed by atoms with Crippen LogP contribution in [0.2, 0.25) is 0 Å². The molecule has 0 bridgehead atoms. The fourth-order valence-electron chi connectivity index (χ4n) is 2.76. The third-order valence-electron chi connectivity index (χ3n) is 4.23. The number of para-hydroxylation sites is 1. The van der Waals surface area contributed by atoms with E-state index in [0.29, 0.717) is 23.7 Å². The maximum absolute atomic E-state index is 12.4. The quantitative estimate of drug-likeness (QED) is 0.388. The van der Waals surface area contributed by atoms with Crippen LogP contribution in [-0.4, -0.2) is 30.1 Å². The maximum Gasteiger partial charge on any atom is 0.276 e. The molecule has 0 heterocycles. The number of nitrogens with one attached hydrogen (secondary N) is 3. The Bertz CT molecular complexity index is 1090. The summed E-state index contributed by atoms with van der Waals surface area (Å²) in [4.78, 5) is 24.5. The van der Waals surface area contributed by atoms with Gasteiger partial charge in [-0.05, 0) is 53.7 Å². The summed E-state index contributed by atoms with van der Waals surface area (Å²) in [7, 11) is 0.